The molecule has 2 aliphatic rings. The Morgan fingerprint density at radius 3 is 2.70 bits per heavy atom. The molecular formula is C32H33N10O3P. The molecule has 234 valence electrons. The number of fused-ring (bicyclic) bond motifs is 4. The number of H-pyrrole nitrogens is 1. The lowest BCUT2D eigenvalue weighted by Crippen LogP contribution is -2.37. The summed E-state index contributed by atoms with van der Waals surface area (Å²) in [5.41, 5.74) is 6.35. The molecule has 2 atom stereocenters. The first-order valence-electron chi connectivity index (χ1n) is 15.0. The van der Waals surface area contributed by atoms with Crippen molar-refractivity contribution < 1.29 is 14.0 Å². The molecule has 0 spiro atoms. The van der Waals surface area contributed by atoms with Gasteiger partial charge in [0.2, 0.25) is 5.95 Å². The van der Waals surface area contributed by atoms with Crippen LogP contribution in [0.1, 0.15) is 6.42 Å². The first-order valence-corrected chi connectivity index (χ1v) is 17.6. The molecule has 3 N–H and O–H groups in total. The maximum absolute atomic E-state index is 13.6. The van der Waals surface area contributed by atoms with Gasteiger partial charge in [-0.2, -0.15) is 15.1 Å². The van der Waals surface area contributed by atoms with Gasteiger partial charge in [-0.05, 0) is 44.0 Å². The quantitative estimate of drug-likeness (QED) is 0.193. The first-order chi connectivity index (χ1) is 22.2. The summed E-state index contributed by atoms with van der Waals surface area (Å²) in [4.78, 5) is 24.2. The predicted octanol–water partition coefficient (Wildman–Crippen LogP) is 5.02. The number of morpholine rings is 1. The Morgan fingerprint density at radius 2 is 1.96 bits per heavy atom. The van der Waals surface area contributed by atoms with Gasteiger partial charge in [0.1, 0.15) is 29.9 Å². The van der Waals surface area contributed by atoms with E-state index in [2.05, 4.69) is 47.7 Å². The van der Waals surface area contributed by atoms with E-state index < -0.39 is 7.14 Å². The molecule has 0 saturated carbocycles. The molecule has 0 unspecified atom stereocenters. The van der Waals surface area contributed by atoms with Crippen LogP contribution in [0.2, 0.25) is 0 Å². The van der Waals surface area contributed by atoms with Crippen LogP contribution >= 0.6 is 7.14 Å². The van der Waals surface area contributed by atoms with Crippen molar-refractivity contribution in [3.63, 3.8) is 0 Å². The van der Waals surface area contributed by atoms with E-state index in [0.29, 0.717) is 56.9 Å². The van der Waals surface area contributed by atoms with Crippen molar-refractivity contribution in [2.75, 3.05) is 49.1 Å². The zero-order chi connectivity index (χ0) is 31.6. The van der Waals surface area contributed by atoms with Gasteiger partial charge in [-0.15, -0.1) is 0 Å². The van der Waals surface area contributed by atoms with Crippen molar-refractivity contribution in [2.45, 2.75) is 18.6 Å². The molecular weight excluding hydrogens is 603 g/mol. The van der Waals surface area contributed by atoms with Gasteiger partial charge in [0, 0.05) is 61.3 Å². The third-order valence-corrected chi connectivity index (χ3v) is 10.1. The van der Waals surface area contributed by atoms with Crippen LogP contribution in [0.4, 0.5) is 28.8 Å². The Labute approximate surface area is 264 Å². The number of rotatable bonds is 8. The lowest BCUT2D eigenvalue weighted by Gasteiger charge is -2.31. The zero-order valence-electron chi connectivity index (χ0n) is 25.9. The van der Waals surface area contributed by atoms with Crippen LogP contribution < -0.4 is 25.6 Å². The lowest BCUT2D eigenvalue weighted by atomic mass is 10.0. The highest BCUT2D eigenvalue weighted by Gasteiger charge is 2.40. The number of ether oxygens (including phenoxy) is 2. The molecule has 6 aromatic rings. The van der Waals surface area contributed by atoms with Gasteiger partial charge >= 0.3 is 0 Å². The molecule has 0 aliphatic carbocycles. The van der Waals surface area contributed by atoms with Crippen LogP contribution in [0.15, 0.2) is 61.3 Å². The average Bonchev–Trinajstić information content (AvgIpc) is 3.86. The molecule has 2 saturated heterocycles. The molecule has 8 rings (SSSR count). The van der Waals surface area contributed by atoms with Gasteiger partial charge in [0.25, 0.3) is 0 Å². The second-order valence-corrected chi connectivity index (χ2v) is 15.2. The summed E-state index contributed by atoms with van der Waals surface area (Å²) in [6.45, 7) is 5.02. The molecule has 0 radical (unpaired) electrons. The first kappa shape index (κ1) is 28.5. The highest BCUT2D eigenvalue weighted by Crippen LogP contribution is 2.45. The van der Waals surface area contributed by atoms with Crippen molar-refractivity contribution in [2.24, 2.45) is 7.05 Å². The normalized spacial score (nSPS) is 17.7. The molecule has 2 aromatic carbocycles. The van der Waals surface area contributed by atoms with E-state index in [-0.39, 0.29) is 6.10 Å². The van der Waals surface area contributed by atoms with E-state index in [4.69, 9.17) is 19.4 Å². The Kier molecular flexibility index (Phi) is 6.69. The highest BCUT2D eigenvalue weighted by molar-refractivity contribution is 7.71. The molecule has 14 heteroatoms. The van der Waals surface area contributed by atoms with E-state index >= 15 is 0 Å². The van der Waals surface area contributed by atoms with E-state index in [0.717, 1.165) is 41.8 Å². The topological polar surface area (TPSA) is 148 Å². The number of methoxy groups -OCH3 is 1. The largest absolute Gasteiger partial charge is 0.494 e. The van der Waals surface area contributed by atoms with Crippen molar-refractivity contribution in [1.29, 1.82) is 0 Å². The summed E-state index contributed by atoms with van der Waals surface area (Å²) in [5.74, 6) is 1.56. The SMILES string of the molecule is COc1cc(N2C[C@H]3C[C@@H]2CO3)c(-c2cnn(C)c2)cc1Nc1nc(Nc2ccc3nccnc3c2P(C)(C)=O)c2cc[nH]c2n1. The Hall–Kier alpha value is -5.00. The molecule has 0 amide bonds. The van der Waals surface area contributed by atoms with E-state index in [1.54, 1.807) is 37.5 Å². The Morgan fingerprint density at radius 1 is 1.09 bits per heavy atom. The van der Waals surface area contributed by atoms with Crippen molar-refractivity contribution >= 4 is 63.3 Å². The fourth-order valence-electron chi connectivity index (χ4n) is 6.57. The van der Waals surface area contributed by atoms with Gasteiger partial charge < -0.3 is 34.6 Å². The fraction of sp³-hybridized carbons (Fsp3) is 0.281. The second kappa shape index (κ2) is 10.8. The standard InChI is InChI=1S/C32H33N10O3P/c1-41-15-18(14-36-41)22-12-25(27(44-2)13-26(22)42-16-20-11-19(42)17-45-20)38-32-39-30-21(7-8-35-30)31(40-32)37-24-6-5-23-28(34-10-9-33-23)29(24)46(3,4)43/h5-10,12-15,19-20H,11,16-17H2,1-4H3,(H3,35,37,38,39,40)/t19-,20-/m1/s1. The Balaban J connectivity index is 1.21. The maximum Gasteiger partial charge on any atom is 0.231 e. The van der Waals surface area contributed by atoms with Crippen molar-refractivity contribution in [3.05, 3.63) is 61.3 Å². The minimum Gasteiger partial charge on any atom is -0.494 e. The monoisotopic (exact) mass is 636 g/mol. The molecule has 2 bridgehead atoms. The maximum atomic E-state index is 13.6. The average molecular weight is 637 g/mol. The van der Waals surface area contributed by atoms with E-state index in [1.807, 2.05) is 43.8 Å². The van der Waals surface area contributed by atoms with Gasteiger partial charge in [-0.25, -0.2) is 0 Å². The van der Waals surface area contributed by atoms with Crippen LogP contribution in [-0.4, -0.2) is 80.4 Å². The molecule has 6 heterocycles. The minimum absolute atomic E-state index is 0.242. The van der Waals surface area contributed by atoms with Crippen LogP contribution in [0.5, 0.6) is 5.75 Å². The summed E-state index contributed by atoms with van der Waals surface area (Å²) in [6, 6.07) is 10.1. The van der Waals surface area contributed by atoms with E-state index in [9.17, 15) is 4.57 Å². The van der Waals surface area contributed by atoms with Crippen LogP contribution in [0, 0.1) is 0 Å². The van der Waals surface area contributed by atoms with Gasteiger partial charge in [0.05, 0.1) is 59.6 Å². The highest BCUT2D eigenvalue weighted by atomic mass is 31.2. The second-order valence-electron chi connectivity index (χ2n) is 12.1. The zero-order valence-corrected chi connectivity index (χ0v) is 26.7. The Bertz CT molecular complexity index is 2170. The summed E-state index contributed by atoms with van der Waals surface area (Å²) < 4.78 is 27.2. The van der Waals surface area contributed by atoms with Gasteiger partial charge in [-0.1, -0.05) is 0 Å². The number of anilines is 5. The van der Waals surface area contributed by atoms with Crippen LogP contribution in [-0.2, 0) is 16.3 Å². The molecule has 4 aromatic heterocycles. The predicted molar refractivity (Wildman–Crippen MR) is 180 cm³/mol. The minimum atomic E-state index is -2.78. The number of nitrogens with one attached hydrogen (secondary N) is 3. The number of aryl methyl sites for hydroxylation is 1. The molecule has 2 fully saturated rings. The number of hydrogen-bond acceptors (Lipinski definition) is 11. The van der Waals surface area contributed by atoms with E-state index in [1.165, 1.54) is 0 Å². The van der Waals surface area contributed by atoms with Gasteiger partial charge in [0.15, 0.2) is 0 Å². The third kappa shape index (κ3) is 4.92. The summed E-state index contributed by atoms with van der Waals surface area (Å²) >= 11 is 0. The number of hydrogen-bond donors (Lipinski definition) is 3. The number of benzene rings is 2. The summed E-state index contributed by atoms with van der Waals surface area (Å²) in [6.07, 6.45) is 10.2. The van der Waals surface area contributed by atoms with Crippen LogP contribution in [0.3, 0.4) is 0 Å². The van der Waals surface area contributed by atoms with Crippen molar-refractivity contribution in [3.8, 4) is 16.9 Å². The fourth-order valence-corrected chi connectivity index (χ4v) is 7.96. The lowest BCUT2D eigenvalue weighted by molar-refractivity contribution is 0.0991. The number of aromatic nitrogens is 7. The number of nitrogens with zero attached hydrogens (tertiary/aromatic N) is 7. The summed E-state index contributed by atoms with van der Waals surface area (Å²) in [5, 5.41) is 12.7. The van der Waals surface area contributed by atoms with Crippen molar-refractivity contribution in [1.82, 2.24) is 34.7 Å². The smallest absolute Gasteiger partial charge is 0.231 e. The number of aromatic amines is 1. The van der Waals surface area contributed by atoms with Crippen LogP contribution in [0.25, 0.3) is 33.2 Å². The molecule has 13 nitrogen and oxygen atoms in total. The third-order valence-electron chi connectivity index (χ3n) is 8.61. The molecule has 46 heavy (non-hydrogen) atoms. The molecule has 2 aliphatic heterocycles. The summed E-state index contributed by atoms with van der Waals surface area (Å²) in [7, 11) is 0.792. The van der Waals surface area contributed by atoms with Gasteiger partial charge in [-0.3, -0.25) is 14.6 Å².